The molecule has 0 aliphatic heterocycles. The number of fused-ring (bicyclic) bond motifs is 3. The normalized spacial score (nSPS) is 10.9. The largest absolute Gasteiger partial charge is 0.464 e. The van der Waals surface area contributed by atoms with Gasteiger partial charge in [0.2, 0.25) is 0 Å². The van der Waals surface area contributed by atoms with Crippen LogP contribution in [0.3, 0.4) is 0 Å². The summed E-state index contributed by atoms with van der Waals surface area (Å²) in [6, 6.07) is 17.5. The van der Waals surface area contributed by atoms with Gasteiger partial charge in [0.15, 0.2) is 6.61 Å². The van der Waals surface area contributed by atoms with Crippen molar-refractivity contribution in [1.82, 2.24) is 5.32 Å². The van der Waals surface area contributed by atoms with E-state index in [1.165, 1.54) is 12.1 Å². The summed E-state index contributed by atoms with van der Waals surface area (Å²) in [5, 5.41) is 5.56. The summed E-state index contributed by atoms with van der Waals surface area (Å²) in [5.41, 5.74) is 2.17. The predicted octanol–water partition coefficient (Wildman–Crippen LogP) is 4.13. The van der Waals surface area contributed by atoms with Crippen LogP contribution < -0.4 is 5.32 Å². The summed E-state index contributed by atoms with van der Waals surface area (Å²) in [6.07, 6.45) is 1.55. The molecular formula is C23H18FNO4. The Bertz CT molecular complexity index is 1180. The molecule has 0 spiro atoms. The van der Waals surface area contributed by atoms with E-state index in [1.54, 1.807) is 18.4 Å². The van der Waals surface area contributed by atoms with Crippen molar-refractivity contribution < 1.29 is 23.1 Å². The van der Waals surface area contributed by atoms with Crippen LogP contribution in [0.25, 0.3) is 21.7 Å². The number of benzene rings is 3. The first-order valence-corrected chi connectivity index (χ1v) is 9.15. The van der Waals surface area contributed by atoms with Crippen molar-refractivity contribution in [3.8, 4) is 0 Å². The number of rotatable bonds is 6. The fourth-order valence-electron chi connectivity index (χ4n) is 3.21. The highest BCUT2D eigenvalue weighted by Crippen LogP contribution is 2.30. The third kappa shape index (κ3) is 4.27. The lowest BCUT2D eigenvalue weighted by molar-refractivity contribution is -0.147. The molecule has 4 aromatic rings. The van der Waals surface area contributed by atoms with Crippen molar-refractivity contribution in [3.05, 3.63) is 83.9 Å². The molecule has 0 radical (unpaired) electrons. The van der Waals surface area contributed by atoms with Crippen LogP contribution >= 0.6 is 0 Å². The SMILES string of the molecule is O=C(COC(=O)Cc1coc2ccc3ccccc3c12)NCc1ccc(F)cc1. The highest BCUT2D eigenvalue weighted by atomic mass is 19.1. The summed E-state index contributed by atoms with van der Waals surface area (Å²) in [7, 11) is 0. The number of hydrogen-bond donors (Lipinski definition) is 1. The molecule has 0 fully saturated rings. The second-order valence-corrected chi connectivity index (χ2v) is 6.66. The topological polar surface area (TPSA) is 68.5 Å². The zero-order valence-corrected chi connectivity index (χ0v) is 15.5. The molecule has 0 atom stereocenters. The van der Waals surface area contributed by atoms with Crippen molar-refractivity contribution in [2.45, 2.75) is 13.0 Å². The Kier molecular flexibility index (Phi) is 5.24. The molecular weight excluding hydrogens is 373 g/mol. The lowest BCUT2D eigenvalue weighted by atomic mass is 10.0. The van der Waals surface area contributed by atoms with E-state index in [2.05, 4.69) is 5.32 Å². The number of furan rings is 1. The van der Waals surface area contributed by atoms with E-state index in [0.29, 0.717) is 11.1 Å². The van der Waals surface area contributed by atoms with Gasteiger partial charge in [-0.1, -0.05) is 42.5 Å². The molecule has 1 heterocycles. The second kappa shape index (κ2) is 8.14. The Morgan fingerprint density at radius 3 is 2.62 bits per heavy atom. The maximum Gasteiger partial charge on any atom is 0.310 e. The van der Waals surface area contributed by atoms with E-state index in [4.69, 9.17) is 9.15 Å². The number of carbonyl (C=O) groups excluding carboxylic acids is 2. The van der Waals surface area contributed by atoms with Gasteiger partial charge >= 0.3 is 5.97 Å². The number of carbonyl (C=O) groups is 2. The Morgan fingerprint density at radius 1 is 1.00 bits per heavy atom. The zero-order valence-electron chi connectivity index (χ0n) is 15.5. The third-order valence-corrected chi connectivity index (χ3v) is 4.64. The number of hydrogen-bond acceptors (Lipinski definition) is 4. The highest BCUT2D eigenvalue weighted by Gasteiger charge is 2.15. The van der Waals surface area contributed by atoms with Crippen LogP contribution in [0.1, 0.15) is 11.1 Å². The molecule has 1 aromatic heterocycles. The van der Waals surface area contributed by atoms with E-state index < -0.39 is 11.9 Å². The molecule has 1 amide bonds. The highest BCUT2D eigenvalue weighted by molar-refractivity contribution is 6.08. The summed E-state index contributed by atoms with van der Waals surface area (Å²) in [5.74, 6) is -1.28. The summed E-state index contributed by atoms with van der Waals surface area (Å²) >= 11 is 0. The smallest absolute Gasteiger partial charge is 0.310 e. The van der Waals surface area contributed by atoms with Crippen molar-refractivity contribution >= 4 is 33.6 Å². The second-order valence-electron chi connectivity index (χ2n) is 6.66. The lowest BCUT2D eigenvalue weighted by Gasteiger charge is -2.07. The molecule has 6 heteroatoms. The monoisotopic (exact) mass is 391 g/mol. The van der Waals surface area contributed by atoms with Crippen LogP contribution in [0, 0.1) is 5.82 Å². The molecule has 0 saturated carbocycles. The van der Waals surface area contributed by atoms with Crippen molar-refractivity contribution in [2.24, 2.45) is 0 Å². The van der Waals surface area contributed by atoms with Gasteiger partial charge in [-0.05, 0) is 34.5 Å². The van der Waals surface area contributed by atoms with E-state index in [1.807, 2.05) is 36.4 Å². The van der Waals surface area contributed by atoms with Gasteiger partial charge in [-0.2, -0.15) is 0 Å². The van der Waals surface area contributed by atoms with Gasteiger partial charge < -0.3 is 14.5 Å². The maximum absolute atomic E-state index is 12.9. The average molecular weight is 391 g/mol. The maximum atomic E-state index is 12.9. The van der Waals surface area contributed by atoms with Gasteiger partial charge in [0.25, 0.3) is 5.91 Å². The minimum atomic E-state index is -0.516. The van der Waals surface area contributed by atoms with E-state index in [-0.39, 0.29) is 25.4 Å². The Balaban J connectivity index is 1.35. The van der Waals surface area contributed by atoms with Gasteiger partial charge in [0, 0.05) is 17.5 Å². The van der Waals surface area contributed by atoms with E-state index >= 15 is 0 Å². The molecule has 0 aliphatic rings. The third-order valence-electron chi connectivity index (χ3n) is 4.64. The van der Waals surface area contributed by atoms with Gasteiger partial charge in [0.1, 0.15) is 11.4 Å². The first-order chi connectivity index (χ1) is 14.1. The zero-order chi connectivity index (χ0) is 20.2. The van der Waals surface area contributed by atoms with Gasteiger partial charge in [0.05, 0.1) is 12.7 Å². The van der Waals surface area contributed by atoms with E-state index in [9.17, 15) is 14.0 Å². The molecule has 5 nitrogen and oxygen atoms in total. The predicted molar refractivity (Wildman–Crippen MR) is 107 cm³/mol. The first kappa shape index (κ1) is 18.7. The molecule has 146 valence electrons. The quantitative estimate of drug-likeness (QED) is 0.502. The Morgan fingerprint density at radius 2 is 1.79 bits per heavy atom. The molecule has 29 heavy (non-hydrogen) atoms. The van der Waals surface area contributed by atoms with Crippen LogP contribution in [0.2, 0.25) is 0 Å². The Labute approximate surface area is 166 Å². The number of ether oxygens (including phenoxy) is 1. The number of nitrogens with one attached hydrogen (secondary N) is 1. The summed E-state index contributed by atoms with van der Waals surface area (Å²) < 4.78 is 23.5. The van der Waals surface area contributed by atoms with Crippen LogP contribution in [-0.4, -0.2) is 18.5 Å². The molecule has 0 bridgehead atoms. The minimum Gasteiger partial charge on any atom is -0.464 e. The van der Waals surface area contributed by atoms with Crippen LogP contribution in [0.15, 0.2) is 71.3 Å². The van der Waals surface area contributed by atoms with Crippen LogP contribution in [0.4, 0.5) is 4.39 Å². The molecule has 0 saturated heterocycles. The number of amides is 1. The fraction of sp³-hybridized carbons (Fsp3) is 0.130. The molecule has 3 aromatic carbocycles. The standard InChI is InChI=1S/C23H18FNO4/c24-18-8-5-15(6-9-18)12-25-21(26)14-29-22(27)11-17-13-28-20-10-7-16-3-1-2-4-19(16)23(17)20/h1-10,13H,11-12,14H2,(H,25,26). The lowest BCUT2D eigenvalue weighted by Crippen LogP contribution is -2.28. The fourth-order valence-corrected chi connectivity index (χ4v) is 3.21. The van der Waals surface area contributed by atoms with Gasteiger partial charge in [-0.25, -0.2) is 4.39 Å². The molecule has 1 N–H and O–H groups in total. The van der Waals surface area contributed by atoms with Crippen molar-refractivity contribution in [1.29, 1.82) is 0 Å². The average Bonchev–Trinajstić information content (AvgIpc) is 3.15. The van der Waals surface area contributed by atoms with Crippen molar-refractivity contribution in [2.75, 3.05) is 6.61 Å². The minimum absolute atomic E-state index is 0.00620. The summed E-state index contributed by atoms with van der Waals surface area (Å²) in [4.78, 5) is 24.1. The Hall–Kier alpha value is -3.67. The van der Waals surface area contributed by atoms with Crippen LogP contribution in [0.5, 0.6) is 0 Å². The first-order valence-electron chi connectivity index (χ1n) is 9.15. The van der Waals surface area contributed by atoms with Crippen LogP contribution in [-0.2, 0) is 27.3 Å². The molecule has 0 aliphatic carbocycles. The molecule has 4 rings (SSSR count). The van der Waals surface area contributed by atoms with Gasteiger partial charge in [-0.3, -0.25) is 9.59 Å². The van der Waals surface area contributed by atoms with Gasteiger partial charge in [-0.15, -0.1) is 0 Å². The van der Waals surface area contributed by atoms with Crippen molar-refractivity contribution in [3.63, 3.8) is 0 Å². The number of halogens is 1. The summed E-state index contributed by atoms with van der Waals surface area (Å²) in [6.45, 7) is -0.147. The molecule has 0 unspecified atom stereocenters. The number of esters is 1. The van der Waals surface area contributed by atoms with E-state index in [0.717, 1.165) is 21.7 Å².